The Balaban J connectivity index is 1.54. The summed E-state index contributed by atoms with van der Waals surface area (Å²) in [6.07, 6.45) is 8.06. The first kappa shape index (κ1) is 12.7. The van der Waals surface area contributed by atoms with Crippen molar-refractivity contribution in [3.63, 3.8) is 0 Å². The fourth-order valence-electron chi connectivity index (χ4n) is 2.64. The molecule has 0 amide bonds. The molecule has 1 aliphatic rings. The van der Waals surface area contributed by atoms with Gasteiger partial charge >= 0.3 is 0 Å². The van der Waals surface area contributed by atoms with Gasteiger partial charge in [0.15, 0.2) is 0 Å². The Kier molecular flexibility index (Phi) is 5.08. The van der Waals surface area contributed by atoms with Crippen molar-refractivity contribution < 1.29 is 4.42 Å². The summed E-state index contributed by atoms with van der Waals surface area (Å²) in [5.41, 5.74) is 5.70. The van der Waals surface area contributed by atoms with Gasteiger partial charge in [-0.3, -0.25) is 0 Å². The second kappa shape index (κ2) is 6.82. The Morgan fingerprint density at radius 2 is 2.00 bits per heavy atom. The molecule has 3 heteroatoms. The third-order valence-electron chi connectivity index (χ3n) is 3.86. The Morgan fingerprint density at radius 3 is 2.65 bits per heavy atom. The van der Waals surface area contributed by atoms with Crippen LogP contribution in [0.3, 0.4) is 0 Å². The second-order valence-electron chi connectivity index (χ2n) is 5.16. The van der Waals surface area contributed by atoms with E-state index in [1.807, 2.05) is 12.1 Å². The molecule has 0 aromatic carbocycles. The zero-order chi connectivity index (χ0) is 11.9. The highest BCUT2D eigenvalue weighted by atomic mass is 16.3. The van der Waals surface area contributed by atoms with Crippen LogP contribution in [-0.2, 0) is 6.42 Å². The van der Waals surface area contributed by atoms with Crippen LogP contribution in [0.1, 0.15) is 31.4 Å². The maximum Gasteiger partial charge on any atom is 0.105 e. The zero-order valence-corrected chi connectivity index (χ0v) is 10.5. The van der Waals surface area contributed by atoms with E-state index in [1.54, 1.807) is 6.26 Å². The van der Waals surface area contributed by atoms with Crippen LogP contribution in [-0.4, -0.2) is 19.6 Å². The van der Waals surface area contributed by atoms with Crippen molar-refractivity contribution >= 4 is 0 Å². The minimum absolute atomic E-state index is 0.786. The van der Waals surface area contributed by atoms with Crippen molar-refractivity contribution in [1.29, 1.82) is 0 Å². The molecule has 0 bridgehead atoms. The topological polar surface area (TPSA) is 51.2 Å². The molecule has 1 aromatic heterocycles. The van der Waals surface area contributed by atoms with Crippen LogP contribution in [0.15, 0.2) is 22.8 Å². The normalized spacial score (nSPS) is 25.0. The van der Waals surface area contributed by atoms with Gasteiger partial charge in [0.1, 0.15) is 5.76 Å². The third kappa shape index (κ3) is 4.17. The van der Waals surface area contributed by atoms with Gasteiger partial charge in [-0.1, -0.05) is 0 Å². The maximum absolute atomic E-state index is 5.70. The van der Waals surface area contributed by atoms with E-state index in [4.69, 9.17) is 10.2 Å². The molecule has 0 atom stereocenters. The fourth-order valence-corrected chi connectivity index (χ4v) is 2.64. The molecule has 1 heterocycles. The Bertz CT molecular complexity index is 289. The first-order chi connectivity index (χ1) is 8.38. The molecule has 3 N–H and O–H groups in total. The summed E-state index contributed by atoms with van der Waals surface area (Å²) >= 11 is 0. The van der Waals surface area contributed by atoms with Crippen LogP contribution < -0.4 is 11.1 Å². The van der Waals surface area contributed by atoms with Crippen molar-refractivity contribution in [3.05, 3.63) is 24.2 Å². The molecule has 1 fully saturated rings. The summed E-state index contributed by atoms with van der Waals surface area (Å²) in [7, 11) is 0. The number of rotatable bonds is 6. The van der Waals surface area contributed by atoms with Crippen LogP contribution in [0.2, 0.25) is 0 Å². The highest BCUT2D eigenvalue weighted by Crippen LogP contribution is 2.27. The average Bonchev–Trinajstić information content (AvgIpc) is 2.88. The molecule has 0 aliphatic heterocycles. The summed E-state index contributed by atoms with van der Waals surface area (Å²) in [6.45, 7) is 3.04. The molecule has 1 aliphatic carbocycles. The van der Waals surface area contributed by atoms with Crippen LogP contribution >= 0.6 is 0 Å². The van der Waals surface area contributed by atoms with E-state index in [2.05, 4.69) is 5.32 Å². The molecule has 0 spiro atoms. The zero-order valence-electron chi connectivity index (χ0n) is 10.5. The van der Waals surface area contributed by atoms with Crippen molar-refractivity contribution in [2.75, 3.05) is 19.6 Å². The number of hydrogen-bond donors (Lipinski definition) is 2. The molecule has 1 aromatic rings. The molecule has 0 unspecified atom stereocenters. The van der Waals surface area contributed by atoms with Gasteiger partial charge in [-0.25, -0.2) is 0 Å². The van der Waals surface area contributed by atoms with Gasteiger partial charge in [-0.05, 0) is 62.7 Å². The summed E-state index contributed by atoms with van der Waals surface area (Å²) in [5, 5.41) is 3.53. The van der Waals surface area contributed by atoms with Gasteiger partial charge in [0, 0.05) is 13.0 Å². The summed E-state index contributed by atoms with van der Waals surface area (Å²) < 4.78 is 5.30. The van der Waals surface area contributed by atoms with E-state index < -0.39 is 0 Å². The monoisotopic (exact) mass is 236 g/mol. The van der Waals surface area contributed by atoms with E-state index in [1.165, 1.54) is 25.7 Å². The molecule has 17 heavy (non-hydrogen) atoms. The summed E-state index contributed by atoms with van der Waals surface area (Å²) in [4.78, 5) is 0. The van der Waals surface area contributed by atoms with Crippen LogP contribution in [0.25, 0.3) is 0 Å². The van der Waals surface area contributed by atoms with Crippen molar-refractivity contribution in [1.82, 2.24) is 5.32 Å². The van der Waals surface area contributed by atoms with Crippen molar-refractivity contribution in [2.45, 2.75) is 32.1 Å². The van der Waals surface area contributed by atoms with E-state index in [-0.39, 0.29) is 0 Å². The molecule has 0 radical (unpaired) electrons. The lowest BCUT2D eigenvalue weighted by atomic mass is 9.82. The molecule has 2 rings (SSSR count). The number of nitrogens with one attached hydrogen (secondary N) is 1. The SMILES string of the molecule is NCC1CCC(CNCCc2ccco2)CC1. The van der Waals surface area contributed by atoms with Gasteiger partial charge in [-0.2, -0.15) is 0 Å². The average molecular weight is 236 g/mol. The quantitative estimate of drug-likeness (QED) is 0.744. The lowest BCUT2D eigenvalue weighted by Gasteiger charge is -2.27. The smallest absolute Gasteiger partial charge is 0.105 e. The molecular formula is C14H24N2O. The minimum atomic E-state index is 0.786. The first-order valence-corrected chi connectivity index (χ1v) is 6.81. The van der Waals surface area contributed by atoms with Gasteiger partial charge in [0.05, 0.1) is 6.26 Å². The maximum atomic E-state index is 5.70. The van der Waals surface area contributed by atoms with Gasteiger partial charge in [-0.15, -0.1) is 0 Å². The van der Waals surface area contributed by atoms with E-state index in [0.717, 1.165) is 43.7 Å². The third-order valence-corrected chi connectivity index (χ3v) is 3.86. The highest BCUT2D eigenvalue weighted by Gasteiger charge is 2.19. The molecular weight excluding hydrogens is 212 g/mol. The largest absolute Gasteiger partial charge is 0.469 e. The van der Waals surface area contributed by atoms with E-state index >= 15 is 0 Å². The van der Waals surface area contributed by atoms with Crippen LogP contribution in [0, 0.1) is 11.8 Å². The summed E-state index contributed by atoms with van der Waals surface area (Å²) in [6, 6.07) is 3.98. The van der Waals surface area contributed by atoms with Crippen molar-refractivity contribution in [2.24, 2.45) is 17.6 Å². The molecule has 0 saturated heterocycles. The minimum Gasteiger partial charge on any atom is -0.469 e. The number of nitrogens with two attached hydrogens (primary N) is 1. The highest BCUT2D eigenvalue weighted by molar-refractivity contribution is 4.98. The predicted molar refractivity (Wildman–Crippen MR) is 69.8 cm³/mol. The second-order valence-corrected chi connectivity index (χ2v) is 5.16. The van der Waals surface area contributed by atoms with Gasteiger partial charge < -0.3 is 15.5 Å². The summed E-state index contributed by atoms with van der Waals surface area (Å²) in [5.74, 6) is 2.72. The van der Waals surface area contributed by atoms with Crippen LogP contribution in [0.4, 0.5) is 0 Å². The number of hydrogen-bond acceptors (Lipinski definition) is 3. The predicted octanol–water partition coefficient (Wildman–Crippen LogP) is 2.18. The fraction of sp³-hybridized carbons (Fsp3) is 0.714. The Morgan fingerprint density at radius 1 is 1.24 bits per heavy atom. The lowest BCUT2D eigenvalue weighted by molar-refractivity contribution is 0.272. The van der Waals surface area contributed by atoms with Crippen molar-refractivity contribution in [3.8, 4) is 0 Å². The molecule has 3 nitrogen and oxygen atoms in total. The first-order valence-electron chi connectivity index (χ1n) is 6.81. The lowest BCUT2D eigenvalue weighted by Crippen LogP contribution is -2.29. The standard InChI is InChI=1S/C14H24N2O/c15-10-12-3-5-13(6-4-12)11-16-8-7-14-2-1-9-17-14/h1-2,9,12-13,16H,3-8,10-11,15H2. The van der Waals surface area contributed by atoms with E-state index in [9.17, 15) is 0 Å². The van der Waals surface area contributed by atoms with Gasteiger partial charge in [0.25, 0.3) is 0 Å². The Hall–Kier alpha value is -0.800. The molecule has 1 saturated carbocycles. The van der Waals surface area contributed by atoms with Gasteiger partial charge in [0.2, 0.25) is 0 Å². The Labute approximate surface area is 104 Å². The molecule has 96 valence electrons. The van der Waals surface area contributed by atoms with E-state index in [0.29, 0.717) is 0 Å². The number of furan rings is 1. The van der Waals surface area contributed by atoms with Crippen LogP contribution in [0.5, 0.6) is 0 Å².